The first-order valence-corrected chi connectivity index (χ1v) is 6.93. The highest BCUT2D eigenvalue weighted by atomic mass is 16.6. The van der Waals surface area contributed by atoms with Crippen molar-refractivity contribution in [1.29, 1.82) is 5.26 Å². The summed E-state index contributed by atoms with van der Waals surface area (Å²) in [6, 6.07) is 6.47. The van der Waals surface area contributed by atoms with Crippen LogP contribution >= 0.6 is 0 Å². The maximum Gasteiger partial charge on any atom is 0.407 e. The third kappa shape index (κ3) is 6.08. The van der Waals surface area contributed by atoms with E-state index in [0.29, 0.717) is 0 Å². The van der Waals surface area contributed by atoms with E-state index in [1.165, 1.54) is 12.1 Å². The third-order valence-electron chi connectivity index (χ3n) is 2.66. The lowest BCUT2D eigenvalue weighted by atomic mass is 10.1. The van der Waals surface area contributed by atoms with Crippen LogP contribution in [0.3, 0.4) is 0 Å². The molecule has 0 fully saturated rings. The Morgan fingerprint density at radius 1 is 1.45 bits per heavy atom. The molecule has 2 atom stereocenters. The van der Waals surface area contributed by atoms with Crippen molar-refractivity contribution in [3.05, 3.63) is 29.6 Å². The first-order valence-electron chi connectivity index (χ1n) is 6.93. The van der Waals surface area contributed by atoms with Gasteiger partial charge in [0, 0.05) is 6.54 Å². The first-order chi connectivity index (χ1) is 10.2. The molecule has 0 aliphatic rings. The van der Waals surface area contributed by atoms with Gasteiger partial charge in [-0.2, -0.15) is 5.26 Å². The van der Waals surface area contributed by atoms with Crippen molar-refractivity contribution in [3.63, 3.8) is 0 Å². The third-order valence-corrected chi connectivity index (χ3v) is 2.66. The van der Waals surface area contributed by atoms with Gasteiger partial charge in [-0.3, -0.25) is 0 Å². The van der Waals surface area contributed by atoms with Crippen molar-refractivity contribution < 1.29 is 19.7 Å². The molecule has 1 heterocycles. The van der Waals surface area contributed by atoms with Crippen LogP contribution in [0.4, 0.5) is 4.79 Å². The Morgan fingerprint density at radius 2 is 2.14 bits per heavy atom. The molecule has 1 amide bonds. The van der Waals surface area contributed by atoms with Crippen molar-refractivity contribution in [2.75, 3.05) is 6.54 Å². The Hall–Kier alpha value is -2.17. The van der Waals surface area contributed by atoms with E-state index in [0.717, 1.165) is 0 Å². The van der Waals surface area contributed by atoms with Gasteiger partial charge in [-0.1, -0.05) is 6.07 Å². The number of carbonyl (C=O) groups excluding carboxylic acids is 1. The predicted molar refractivity (Wildman–Crippen MR) is 78.8 cm³/mol. The highest BCUT2D eigenvalue weighted by Gasteiger charge is 2.21. The van der Waals surface area contributed by atoms with Crippen LogP contribution in [0.25, 0.3) is 0 Å². The van der Waals surface area contributed by atoms with Crippen LogP contribution in [0.5, 0.6) is 0 Å². The summed E-state index contributed by atoms with van der Waals surface area (Å²) in [5.41, 5.74) is -0.219. The summed E-state index contributed by atoms with van der Waals surface area (Å²) in [5, 5.41) is 31.2. The molecule has 120 valence electrons. The van der Waals surface area contributed by atoms with Crippen molar-refractivity contribution in [1.82, 2.24) is 10.3 Å². The molecule has 0 spiro atoms. The molecule has 1 rings (SSSR count). The average molecular weight is 307 g/mol. The predicted octanol–water partition coefficient (Wildman–Crippen LogP) is 1.26. The number of ether oxygens (including phenoxy) is 1. The fourth-order valence-electron chi connectivity index (χ4n) is 1.67. The summed E-state index contributed by atoms with van der Waals surface area (Å²) in [5.74, 6) is 0. The molecule has 0 aliphatic heterocycles. The van der Waals surface area contributed by atoms with Crippen molar-refractivity contribution >= 4 is 6.09 Å². The number of nitriles is 1. The average Bonchev–Trinajstić information content (AvgIpc) is 2.44. The largest absolute Gasteiger partial charge is 0.444 e. The maximum atomic E-state index is 11.4. The van der Waals surface area contributed by atoms with Gasteiger partial charge < -0.3 is 20.3 Å². The van der Waals surface area contributed by atoms with Crippen LogP contribution in [0.15, 0.2) is 18.2 Å². The summed E-state index contributed by atoms with van der Waals surface area (Å²) in [6.45, 7) is 5.39. The van der Waals surface area contributed by atoms with Gasteiger partial charge in [0.05, 0.1) is 11.8 Å². The fourth-order valence-corrected chi connectivity index (χ4v) is 1.67. The Labute approximate surface area is 129 Å². The second-order valence-electron chi connectivity index (χ2n) is 5.79. The molecule has 2 unspecified atom stereocenters. The zero-order chi connectivity index (χ0) is 16.8. The van der Waals surface area contributed by atoms with Crippen molar-refractivity contribution in [2.45, 2.75) is 45.0 Å². The van der Waals surface area contributed by atoms with Crippen LogP contribution in [0, 0.1) is 11.3 Å². The molecule has 0 aromatic carbocycles. The first kappa shape index (κ1) is 17.9. The van der Waals surface area contributed by atoms with Gasteiger partial charge in [0.2, 0.25) is 0 Å². The summed E-state index contributed by atoms with van der Waals surface area (Å²) in [4.78, 5) is 15.4. The molecular weight excluding hydrogens is 286 g/mol. The number of amides is 1. The second-order valence-corrected chi connectivity index (χ2v) is 5.79. The van der Waals surface area contributed by atoms with E-state index in [9.17, 15) is 15.0 Å². The number of hydrogen-bond donors (Lipinski definition) is 3. The van der Waals surface area contributed by atoms with Gasteiger partial charge in [0.1, 0.15) is 23.5 Å². The van der Waals surface area contributed by atoms with E-state index < -0.39 is 23.9 Å². The number of rotatable bonds is 5. The van der Waals surface area contributed by atoms with E-state index in [2.05, 4.69) is 10.3 Å². The molecule has 7 nitrogen and oxygen atoms in total. The topological polar surface area (TPSA) is 115 Å². The minimum absolute atomic E-state index is 0.124. The lowest BCUT2D eigenvalue weighted by molar-refractivity contribution is 0.00991. The van der Waals surface area contributed by atoms with Crippen LogP contribution in [0.2, 0.25) is 0 Å². The van der Waals surface area contributed by atoms with E-state index in [1.807, 2.05) is 6.07 Å². The number of nitrogens with one attached hydrogen (secondary N) is 1. The monoisotopic (exact) mass is 307 g/mol. The second kappa shape index (κ2) is 7.73. The zero-order valence-corrected chi connectivity index (χ0v) is 12.9. The summed E-state index contributed by atoms with van der Waals surface area (Å²) in [6.07, 6.45) is -2.80. The van der Waals surface area contributed by atoms with Gasteiger partial charge in [-0.25, -0.2) is 9.78 Å². The lowest BCUT2D eigenvalue weighted by Gasteiger charge is -2.21. The number of aliphatic hydroxyl groups excluding tert-OH is 2. The van der Waals surface area contributed by atoms with E-state index in [1.54, 1.807) is 26.8 Å². The zero-order valence-electron chi connectivity index (χ0n) is 12.9. The van der Waals surface area contributed by atoms with Crippen LogP contribution in [0.1, 0.15) is 44.7 Å². The Kier molecular flexibility index (Phi) is 6.28. The van der Waals surface area contributed by atoms with Gasteiger partial charge in [0.25, 0.3) is 0 Å². The van der Waals surface area contributed by atoms with Crippen molar-refractivity contribution in [3.8, 4) is 6.07 Å². The number of aliphatic hydroxyl groups is 2. The molecule has 1 aromatic heterocycles. The summed E-state index contributed by atoms with van der Waals surface area (Å²) in [7, 11) is 0. The normalized spacial score (nSPS) is 13.8. The molecule has 22 heavy (non-hydrogen) atoms. The van der Waals surface area contributed by atoms with Crippen LogP contribution < -0.4 is 5.32 Å². The van der Waals surface area contributed by atoms with Gasteiger partial charge in [0.15, 0.2) is 0 Å². The smallest absolute Gasteiger partial charge is 0.407 e. The molecular formula is C15H21N3O4. The number of nitrogens with zero attached hydrogens (tertiary/aromatic N) is 2. The summed E-state index contributed by atoms with van der Waals surface area (Å²) < 4.78 is 5.05. The van der Waals surface area contributed by atoms with E-state index in [4.69, 9.17) is 10.00 Å². The lowest BCUT2D eigenvalue weighted by Crippen LogP contribution is -2.34. The number of carbonyl (C=O) groups is 1. The van der Waals surface area contributed by atoms with Crippen LogP contribution in [-0.2, 0) is 4.74 Å². The molecule has 7 heteroatoms. The highest BCUT2D eigenvalue weighted by molar-refractivity contribution is 5.67. The summed E-state index contributed by atoms with van der Waals surface area (Å²) >= 11 is 0. The van der Waals surface area contributed by atoms with E-state index >= 15 is 0 Å². The standard InChI is InChI=1S/C15H21N3O4/c1-15(2,3)22-14(21)17-8-7-12(19)13(20)11-6-4-5-10(9-16)18-11/h4-6,12-13,19-20H,7-8H2,1-3H3,(H,17,21). The maximum absolute atomic E-state index is 11.4. The molecule has 1 aromatic rings. The molecule has 0 aliphatic carbocycles. The van der Waals surface area contributed by atoms with Gasteiger partial charge in [-0.15, -0.1) is 0 Å². The molecule has 3 N–H and O–H groups in total. The van der Waals surface area contributed by atoms with E-state index in [-0.39, 0.29) is 24.4 Å². The van der Waals surface area contributed by atoms with Gasteiger partial charge in [-0.05, 0) is 39.3 Å². The Morgan fingerprint density at radius 3 is 2.73 bits per heavy atom. The quantitative estimate of drug-likeness (QED) is 0.754. The minimum atomic E-state index is -1.23. The minimum Gasteiger partial charge on any atom is -0.444 e. The van der Waals surface area contributed by atoms with Crippen LogP contribution in [-0.4, -0.2) is 39.5 Å². The Balaban J connectivity index is 2.46. The SMILES string of the molecule is CC(C)(C)OC(=O)NCCC(O)C(O)c1cccc(C#N)n1. The van der Waals surface area contributed by atoms with Crippen molar-refractivity contribution in [2.24, 2.45) is 0 Å². The molecule has 0 radical (unpaired) electrons. The molecule has 0 saturated carbocycles. The molecule has 0 saturated heterocycles. The Bertz CT molecular complexity index is 548. The number of alkyl carbamates (subject to hydrolysis) is 1. The molecule has 0 bridgehead atoms. The highest BCUT2D eigenvalue weighted by Crippen LogP contribution is 2.17. The number of pyridine rings is 1. The number of hydrogen-bond acceptors (Lipinski definition) is 6. The van der Waals surface area contributed by atoms with Gasteiger partial charge >= 0.3 is 6.09 Å². The fraction of sp³-hybridized carbons (Fsp3) is 0.533. The number of aromatic nitrogens is 1.